The minimum absolute atomic E-state index is 0.0233. The van der Waals surface area contributed by atoms with Crippen molar-refractivity contribution in [2.75, 3.05) is 13.7 Å². The maximum atomic E-state index is 12.6. The molecule has 0 spiro atoms. The standard InChI is InChI=1S/C15H19N5O2/c1-10-3-4-11(7-16-10)5-14(21)20-8-12(22-2)6-13(20)15-17-9-18-19-15/h3-4,7,9,12-13H,5-6,8H2,1-2H3,(H,17,18,19)/t12-,13+/m1/s1. The number of pyridine rings is 1. The number of hydrogen-bond donors (Lipinski definition) is 1. The summed E-state index contributed by atoms with van der Waals surface area (Å²) in [6, 6.07) is 3.74. The van der Waals surface area contributed by atoms with E-state index < -0.39 is 0 Å². The second-order valence-electron chi connectivity index (χ2n) is 5.51. The number of likely N-dealkylation sites (tertiary alicyclic amines) is 1. The number of amides is 1. The molecule has 2 aromatic rings. The van der Waals surface area contributed by atoms with Crippen LogP contribution in [0.5, 0.6) is 0 Å². The molecule has 0 unspecified atom stereocenters. The smallest absolute Gasteiger partial charge is 0.227 e. The van der Waals surface area contributed by atoms with Gasteiger partial charge in [-0.3, -0.25) is 14.9 Å². The number of aryl methyl sites for hydroxylation is 1. The Hall–Kier alpha value is -2.28. The molecule has 7 heteroatoms. The zero-order valence-electron chi connectivity index (χ0n) is 12.7. The predicted molar refractivity (Wildman–Crippen MR) is 78.9 cm³/mol. The summed E-state index contributed by atoms with van der Waals surface area (Å²) in [5.41, 5.74) is 1.85. The summed E-state index contributed by atoms with van der Waals surface area (Å²) in [6.07, 6.45) is 4.29. The van der Waals surface area contributed by atoms with E-state index in [1.165, 1.54) is 6.33 Å². The van der Waals surface area contributed by atoms with Gasteiger partial charge in [-0.15, -0.1) is 0 Å². The van der Waals surface area contributed by atoms with Crippen LogP contribution >= 0.6 is 0 Å². The third-order valence-electron chi connectivity index (χ3n) is 3.99. The summed E-state index contributed by atoms with van der Waals surface area (Å²) < 4.78 is 5.42. The Morgan fingerprint density at radius 2 is 2.32 bits per heavy atom. The fourth-order valence-electron chi connectivity index (χ4n) is 2.76. The largest absolute Gasteiger partial charge is 0.380 e. The normalized spacial score (nSPS) is 21.3. The van der Waals surface area contributed by atoms with E-state index in [1.54, 1.807) is 13.3 Å². The molecule has 1 fully saturated rings. The van der Waals surface area contributed by atoms with Crippen molar-refractivity contribution in [2.45, 2.75) is 31.9 Å². The predicted octanol–water partition coefficient (Wildman–Crippen LogP) is 1.04. The number of ether oxygens (including phenoxy) is 1. The summed E-state index contributed by atoms with van der Waals surface area (Å²) >= 11 is 0. The molecular weight excluding hydrogens is 282 g/mol. The lowest BCUT2D eigenvalue weighted by Crippen LogP contribution is -2.33. The molecule has 0 radical (unpaired) electrons. The highest BCUT2D eigenvalue weighted by atomic mass is 16.5. The van der Waals surface area contributed by atoms with Gasteiger partial charge in [0.15, 0.2) is 0 Å². The summed E-state index contributed by atoms with van der Waals surface area (Å²) in [5, 5.41) is 6.74. The zero-order chi connectivity index (χ0) is 15.5. The second-order valence-corrected chi connectivity index (χ2v) is 5.51. The van der Waals surface area contributed by atoms with Crippen LogP contribution in [-0.4, -0.2) is 50.7 Å². The van der Waals surface area contributed by atoms with Crippen molar-refractivity contribution in [2.24, 2.45) is 0 Å². The fourth-order valence-corrected chi connectivity index (χ4v) is 2.76. The number of hydrogen-bond acceptors (Lipinski definition) is 5. The first-order chi connectivity index (χ1) is 10.7. The van der Waals surface area contributed by atoms with Crippen LogP contribution in [0.3, 0.4) is 0 Å². The number of aromatic nitrogens is 4. The molecule has 22 heavy (non-hydrogen) atoms. The third-order valence-corrected chi connectivity index (χ3v) is 3.99. The molecule has 7 nitrogen and oxygen atoms in total. The van der Waals surface area contributed by atoms with Crippen molar-refractivity contribution in [1.82, 2.24) is 25.1 Å². The molecule has 0 bridgehead atoms. The molecule has 2 atom stereocenters. The van der Waals surface area contributed by atoms with E-state index in [0.29, 0.717) is 18.8 Å². The molecular formula is C15H19N5O2. The molecule has 1 N–H and O–H groups in total. The first-order valence-corrected chi connectivity index (χ1v) is 7.26. The highest BCUT2D eigenvalue weighted by Gasteiger charge is 2.37. The first-order valence-electron chi connectivity index (χ1n) is 7.26. The molecule has 1 saturated heterocycles. The van der Waals surface area contributed by atoms with Gasteiger partial charge in [0.1, 0.15) is 12.2 Å². The van der Waals surface area contributed by atoms with E-state index >= 15 is 0 Å². The van der Waals surface area contributed by atoms with Crippen LogP contribution in [0, 0.1) is 6.92 Å². The molecule has 1 aliphatic rings. The van der Waals surface area contributed by atoms with Crippen molar-refractivity contribution in [1.29, 1.82) is 0 Å². The Morgan fingerprint density at radius 3 is 2.95 bits per heavy atom. The SMILES string of the molecule is CO[C@@H]1C[C@@H](c2ncn[nH]2)N(C(=O)Cc2ccc(C)nc2)C1. The van der Waals surface area contributed by atoms with Gasteiger partial charge < -0.3 is 9.64 Å². The van der Waals surface area contributed by atoms with Crippen LogP contribution in [0.15, 0.2) is 24.7 Å². The average Bonchev–Trinajstić information content (AvgIpc) is 3.18. The monoisotopic (exact) mass is 301 g/mol. The zero-order valence-corrected chi connectivity index (χ0v) is 12.7. The molecule has 3 rings (SSSR count). The van der Waals surface area contributed by atoms with E-state index in [-0.39, 0.29) is 18.1 Å². The minimum Gasteiger partial charge on any atom is -0.380 e. The molecule has 0 aromatic carbocycles. The number of methoxy groups -OCH3 is 1. The summed E-state index contributed by atoms with van der Waals surface area (Å²) in [6.45, 7) is 2.50. The van der Waals surface area contributed by atoms with E-state index in [2.05, 4.69) is 20.2 Å². The Bertz CT molecular complexity index is 626. The minimum atomic E-state index is -0.113. The lowest BCUT2D eigenvalue weighted by atomic mass is 10.1. The first kappa shape index (κ1) is 14.6. The third kappa shape index (κ3) is 2.99. The van der Waals surface area contributed by atoms with Gasteiger partial charge in [0.2, 0.25) is 5.91 Å². The maximum absolute atomic E-state index is 12.6. The van der Waals surface area contributed by atoms with Gasteiger partial charge >= 0.3 is 0 Å². The van der Waals surface area contributed by atoms with E-state index in [9.17, 15) is 4.79 Å². The van der Waals surface area contributed by atoms with Crippen molar-refractivity contribution >= 4 is 5.91 Å². The highest BCUT2D eigenvalue weighted by Crippen LogP contribution is 2.31. The molecule has 0 aliphatic carbocycles. The van der Waals surface area contributed by atoms with Crippen molar-refractivity contribution < 1.29 is 9.53 Å². The van der Waals surface area contributed by atoms with Gasteiger partial charge in [-0.05, 0) is 18.6 Å². The fraction of sp³-hybridized carbons (Fsp3) is 0.467. The number of H-pyrrole nitrogens is 1. The van der Waals surface area contributed by atoms with Gasteiger partial charge in [0.05, 0.1) is 18.6 Å². The number of rotatable bonds is 4. The number of carbonyl (C=O) groups excluding carboxylic acids is 1. The molecule has 1 aliphatic heterocycles. The van der Waals surface area contributed by atoms with Crippen molar-refractivity contribution in [3.8, 4) is 0 Å². The summed E-state index contributed by atoms with van der Waals surface area (Å²) in [4.78, 5) is 22.9. The molecule has 116 valence electrons. The number of nitrogens with one attached hydrogen (secondary N) is 1. The quantitative estimate of drug-likeness (QED) is 0.912. The highest BCUT2D eigenvalue weighted by molar-refractivity contribution is 5.79. The Kier molecular flexibility index (Phi) is 4.15. The van der Waals surface area contributed by atoms with Crippen molar-refractivity contribution in [3.63, 3.8) is 0 Å². The van der Waals surface area contributed by atoms with Gasteiger partial charge in [0.25, 0.3) is 0 Å². The van der Waals surface area contributed by atoms with Crippen LogP contribution in [0.1, 0.15) is 29.5 Å². The Morgan fingerprint density at radius 1 is 1.45 bits per heavy atom. The topological polar surface area (TPSA) is 84.0 Å². The van der Waals surface area contributed by atoms with E-state index in [1.807, 2.05) is 24.0 Å². The molecule has 3 heterocycles. The van der Waals surface area contributed by atoms with E-state index in [0.717, 1.165) is 17.7 Å². The van der Waals surface area contributed by atoms with Crippen LogP contribution in [0.2, 0.25) is 0 Å². The second kappa shape index (κ2) is 6.23. The van der Waals surface area contributed by atoms with Gasteiger partial charge in [-0.1, -0.05) is 6.07 Å². The summed E-state index contributed by atoms with van der Waals surface area (Å²) in [5.74, 6) is 0.751. The maximum Gasteiger partial charge on any atom is 0.227 e. The van der Waals surface area contributed by atoms with Gasteiger partial charge in [-0.2, -0.15) is 5.10 Å². The Labute approximate surface area is 128 Å². The average molecular weight is 301 g/mol. The van der Waals surface area contributed by atoms with Crippen LogP contribution in [-0.2, 0) is 16.0 Å². The molecule has 1 amide bonds. The summed E-state index contributed by atoms with van der Waals surface area (Å²) in [7, 11) is 1.67. The molecule has 0 saturated carbocycles. The van der Waals surface area contributed by atoms with Crippen molar-refractivity contribution in [3.05, 3.63) is 41.7 Å². The van der Waals surface area contributed by atoms with Crippen LogP contribution in [0.25, 0.3) is 0 Å². The lowest BCUT2D eigenvalue weighted by Gasteiger charge is -2.22. The Balaban J connectivity index is 1.75. The van der Waals surface area contributed by atoms with Gasteiger partial charge in [0, 0.05) is 32.0 Å². The lowest BCUT2D eigenvalue weighted by molar-refractivity contribution is -0.131. The number of nitrogens with zero attached hydrogens (tertiary/aromatic N) is 4. The van der Waals surface area contributed by atoms with Crippen LogP contribution in [0.4, 0.5) is 0 Å². The number of carbonyl (C=O) groups is 1. The number of aromatic amines is 1. The van der Waals surface area contributed by atoms with Crippen LogP contribution < -0.4 is 0 Å². The van der Waals surface area contributed by atoms with E-state index in [4.69, 9.17) is 4.74 Å². The van der Waals surface area contributed by atoms with Gasteiger partial charge in [-0.25, -0.2) is 4.98 Å². The molecule has 2 aromatic heterocycles.